The molecular weight excluding hydrogens is 340 g/mol. The average Bonchev–Trinajstić information content (AvgIpc) is 2.68. The molecule has 3 aromatic rings. The van der Waals surface area contributed by atoms with E-state index in [-0.39, 0.29) is 6.04 Å². The molecule has 0 spiro atoms. The summed E-state index contributed by atoms with van der Waals surface area (Å²) in [6, 6.07) is 20.8. The van der Waals surface area contributed by atoms with Crippen LogP contribution in [0.2, 0.25) is 0 Å². The summed E-state index contributed by atoms with van der Waals surface area (Å²) in [6.45, 7) is 3.39. The van der Waals surface area contributed by atoms with E-state index in [2.05, 4.69) is 10.6 Å². The molecule has 1 heterocycles. The lowest BCUT2D eigenvalue weighted by Gasteiger charge is -2.34. The Morgan fingerprint density at radius 2 is 1.74 bits per heavy atom. The minimum atomic E-state index is -1.63. The second kappa shape index (κ2) is 6.43. The molecule has 2 amide bonds. The lowest BCUT2D eigenvalue weighted by atomic mass is 9.97. The van der Waals surface area contributed by atoms with Crippen molar-refractivity contribution in [2.24, 2.45) is 0 Å². The van der Waals surface area contributed by atoms with Crippen LogP contribution in [0.5, 0.6) is 5.75 Å². The zero-order valence-electron chi connectivity index (χ0n) is 15.2. The lowest BCUT2D eigenvalue weighted by molar-refractivity contribution is -0.147. The molecule has 0 bridgehead atoms. The van der Waals surface area contributed by atoms with Crippen molar-refractivity contribution in [2.75, 3.05) is 5.32 Å². The van der Waals surface area contributed by atoms with Crippen LogP contribution in [0.4, 0.5) is 5.69 Å². The second-order valence-corrected chi connectivity index (χ2v) is 6.85. The first-order valence-electron chi connectivity index (χ1n) is 8.87. The number of carbonyl (C=O) groups is 2. The molecule has 2 atom stereocenters. The van der Waals surface area contributed by atoms with E-state index < -0.39 is 17.4 Å². The molecule has 5 nitrogen and oxygen atoms in total. The summed E-state index contributed by atoms with van der Waals surface area (Å²) in [5, 5.41) is 7.85. The van der Waals surface area contributed by atoms with Crippen LogP contribution in [0.25, 0.3) is 10.8 Å². The van der Waals surface area contributed by atoms with Gasteiger partial charge >= 0.3 is 0 Å². The highest BCUT2D eigenvalue weighted by molar-refractivity contribution is 6.15. The van der Waals surface area contributed by atoms with Crippen LogP contribution < -0.4 is 15.4 Å². The van der Waals surface area contributed by atoms with E-state index in [1.54, 1.807) is 24.3 Å². The minimum Gasteiger partial charge on any atom is -0.466 e. The molecule has 1 unspecified atom stereocenters. The minimum absolute atomic E-state index is 0.283. The number of nitrogens with one attached hydrogen (secondary N) is 2. The Hall–Kier alpha value is -3.34. The van der Waals surface area contributed by atoms with Crippen LogP contribution in [-0.4, -0.2) is 17.4 Å². The van der Waals surface area contributed by atoms with Gasteiger partial charge in [-0.1, -0.05) is 54.6 Å². The predicted molar refractivity (Wildman–Crippen MR) is 105 cm³/mol. The fourth-order valence-electron chi connectivity index (χ4n) is 3.36. The SMILES string of the molecule is C[C@@H](NC(=O)C1(C)Oc2ccccc2NC1=O)c1cccc2ccccc12. The molecule has 2 N–H and O–H groups in total. The molecule has 27 heavy (non-hydrogen) atoms. The molecule has 0 saturated heterocycles. The molecule has 0 aliphatic carbocycles. The van der Waals surface area contributed by atoms with E-state index in [4.69, 9.17) is 4.74 Å². The summed E-state index contributed by atoms with van der Waals surface area (Å²) < 4.78 is 5.79. The predicted octanol–water partition coefficient (Wildman–Crippen LogP) is 3.81. The van der Waals surface area contributed by atoms with Crippen molar-refractivity contribution in [3.63, 3.8) is 0 Å². The van der Waals surface area contributed by atoms with Crippen molar-refractivity contribution in [3.8, 4) is 5.75 Å². The van der Waals surface area contributed by atoms with Crippen molar-refractivity contribution in [2.45, 2.75) is 25.5 Å². The molecule has 1 aliphatic rings. The van der Waals surface area contributed by atoms with Crippen molar-refractivity contribution in [1.82, 2.24) is 5.32 Å². The summed E-state index contributed by atoms with van der Waals surface area (Å²) in [7, 11) is 0. The van der Waals surface area contributed by atoms with Gasteiger partial charge in [0.2, 0.25) is 0 Å². The summed E-state index contributed by atoms with van der Waals surface area (Å²) in [4.78, 5) is 25.5. The number of para-hydroxylation sites is 2. The third kappa shape index (κ3) is 2.91. The normalized spacial score (nSPS) is 19.6. The van der Waals surface area contributed by atoms with E-state index in [9.17, 15) is 9.59 Å². The smallest absolute Gasteiger partial charge is 0.278 e. The number of hydrogen-bond acceptors (Lipinski definition) is 3. The van der Waals surface area contributed by atoms with E-state index >= 15 is 0 Å². The van der Waals surface area contributed by atoms with Crippen LogP contribution in [0.15, 0.2) is 66.7 Å². The summed E-state index contributed by atoms with van der Waals surface area (Å²) in [6.07, 6.45) is 0. The average molecular weight is 360 g/mol. The van der Waals surface area contributed by atoms with Gasteiger partial charge in [-0.3, -0.25) is 9.59 Å². The highest BCUT2D eigenvalue weighted by atomic mass is 16.5. The Bertz CT molecular complexity index is 1040. The molecule has 0 saturated carbocycles. The molecule has 4 rings (SSSR count). The lowest BCUT2D eigenvalue weighted by Crippen LogP contribution is -2.59. The van der Waals surface area contributed by atoms with Crippen molar-refractivity contribution < 1.29 is 14.3 Å². The maximum absolute atomic E-state index is 13.0. The van der Waals surface area contributed by atoms with Gasteiger partial charge < -0.3 is 15.4 Å². The summed E-state index contributed by atoms with van der Waals surface area (Å²) in [5.41, 5.74) is -0.0794. The van der Waals surface area contributed by atoms with Crippen LogP contribution >= 0.6 is 0 Å². The van der Waals surface area contributed by atoms with E-state index in [0.717, 1.165) is 16.3 Å². The van der Waals surface area contributed by atoms with Crippen molar-refractivity contribution >= 4 is 28.3 Å². The topological polar surface area (TPSA) is 67.4 Å². The van der Waals surface area contributed by atoms with Gasteiger partial charge in [-0.2, -0.15) is 0 Å². The first-order valence-corrected chi connectivity index (χ1v) is 8.87. The molecule has 3 aromatic carbocycles. The maximum Gasteiger partial charge on any atom is 0.278 e. The van der Waals surface area contributed by atoms with Gasteiger partial charge in [-0.25, -0.2) is 0 Å². The largest absolute Gasteiger partial charge is 0.466 e. The van der Waals surface area contributed by atoms with Crippen molar-refractivity contribution in [3.05, 3.63) is 72.3 Å². The number of rotatable bonds is 3. The zero-order valence-corrected chi connectivity index (χ0v) is 15.2. The number of fused-ring (bicyclic) bond motifs is 2. The zero-order chi connectivity index (χ0) is 19.0. The highest BCUT2D eigenvalue weighted by Gasteiger charge is 2.47. The molecule has 0 fully saturated rings. The Balaban J connectivity index is 1.61. The molecule has 0 radical (unpaired) electrons. The molecule has 136 valence electrons. The third-order valence-electron chi connectivity index (χ3n) is 4.95. The van der Waals surface area contributed by atoms with Gasteiger partial charge in [-0.15, -0.1) is 0 Å². The monoisotopic (exact) mass is 360 g/mol. The first-order chi connectivity index (χ1) is 13.0. The van der Waals surface area contributed by atoms with Crippen molar-refractivity contribution in [1.29, 1.82) is 0 Å². The first kappa shape index (κ1) is 17.1. The third-order valence-corrected chi connectivity index (χ3v) is 4.95. The van der Waals surface area contributed by atoms with E-state index in [1.807, 2.05) is 49.4 Å². The Morgan fingerprint density at radius 3 is 2.59 bits per heavy atom. The number of ether oxygens (including phenoxy) is 1. The fourth-order valence-corrected chi connectivity index (χ4v) is 3.36. The Morgan fingerprint density at radius 1 is 1.04 bits per heavy atom. The van der Waals surface area contributed by atoms with Crippen LogP contribution in [0, 0.1) is 0 Å². The highest BCUT2D eigenvalue weighted by Crippen LogP contribution is 2.34. The second-order valence-electron chi connectivity index (χ2n) is 6.85. The van der Waals surface area contributed by atoms with Gasteiger partial charge in [-0.05, 0) is 42.3 Å². The van der Waals surface area contributed by atoms with E-state index in [1.165, 1.54) is 6.92 Å². The van der Waals surface area contributed by atoms with Gasteiger partial charge in [0, 0.05) is 0 Å². The molecule has 5 heteroatoms. The van der Waals surface area contributed by atoms with Crippen LogP contribution in [0.3, 0.4) is 0 Å². The molecule has 1 aliphatic heterocycles. The van der Waals surface area contributed by atoms with Crippen LogP contribution in [-0.2, 0) is 9.59 Å². The van der Waals surface area contributed by atoms with E-state index in [0.29, 0.717) is 11.4 Å². The quantitative estimate of drug-likeness (QED) is 0.698. The van der Waals surface area contributed by atoms with Gasteiger partial charge in [0.05, 0.1) is 11.7 Å². The number of hydrogen-bond donors (Lipinski definition) is 2. The summed E-state index contributed by atoms with van der Waals surface area (Å²) in [5.74, 6) is -0.480. The number of amides is 2. The summed E-state index contributed by atoms with van der Waals surface area (Å²) >= 11 is 0. The number of benzene rings is 3. The standard InChI is InChI=1S/C22H20N2O3/c1-14(16-11-7-9-15-8-3-4-10-17(15)16)23-20(25)22(2)21(26)24-18-12-5-6-13-19(18)27-22/h3-14H,1-2H3,(H,23,25)(H,24,26)/t14-,22?/m1/s1. The van der Waals surface area contributed by atoms with Gasteiger partial charge in [0.1, 0.15) is 5.75 Å². The Labute approximate surface area is 157 Å². The van der Waals surface area contributed by atoms with Gasteiger partial charge in [0.15, 0.2) is 0 Å². The van der Waals surface area contributed by atoms with Gasteiger partial charge in [0.25, 0.3) is 17.4 Å². The fraction of sp³-hybridized carbons (Fsp3) is 0.182. The maximum atomic E-state index is 13.0. The molecule has 0 aromatic heterocycles. The molecular formula is C22H20N2O3. The Kier molecular flexibility index (Phi) is 4.07. The number of carbonyl (C=O) groups excluding carboxylic acids is 2. The van der Waals surface area contributed by atoms with Crippen LogP contribution in [0.1, 0.15) is 25.5 Å². The number of anilines is 1.